The number of amides is 2. The first-order chi connectivity index (χ1) is 11.1. The Morgan fingerprint density at radius 3 is 2.65 bits per heavy atom. The molecule has 0 aromatic carbocycles. The number of piperidine rings is 1. The highest BCUT2D eigenvalue weighted by Gasteiger charge is 2.48. The normalized spacial score (nSPS) is 27.8. The van der Waals surface area contributed by atoms with E-state index in [2.05, 4.69) is 9.97 Å². The van der Waals surface area contributed by atoms with Crippen molar-refractivity contribution in [2.75, 3.05) is 26.7 Å². The molecule has 1 aliphatic carbocycles. The molecule has 0 N–H and O–H groups in total. The van der Waals surface area contributed by atoms with E-state index in [0.717, 1.165) is 44.5 Å². The Bertz CT molecular complexity index is 640. The molecule has 1 spiro atoms. The topological polar surface area (TPSA) is 66.4 Å². The first-order valence-corrected chi connectivity index (χ1v) is 8.46. The average molecular weight is 314 g/mol. The Labute approximate surface area is 135 Å². The maximum atomic E-state index is 12.7. The quantitative estimate of drug-likeness (QED) is 0.828. The van der Waals surface area contributed by atoms with Crippen LogP contribution < -0.4 is 0 Å². The second-order valence-electron chi connectivity index (χ2n) is 7.19. The van der Waals surface area contributed by atoms with Crippen LogP contribution in [0.2, 0.25) is 0 Å². The first-order valence-electron chi connectivity index (χ1n) is 8.46. The SMILES string of the molecule is CN1CCC[C@]2(CCN(C(=O)c3cnc(C4CC4)nc3)C2)C1=O. The molecule has 6 heteroatoms. The van der Waals surface area contributed by atoms with Gasteiger partial charge in [0.1, 0.15) is 5.82 Å². The highest BCUT2D eigenvalue weighted by Crippen LogP contribution is 2.40. The summed E-state index contributed by atoms with van der Waals surface area (Å²) in [7, 11) is 1.86. The van der Waals surface area contributed by atoms with Gasteiger partial charge in [-0.2, -0.15) is 0 Å². The molecule has 3 fully saturated rings. The zero-order chi connectivity index (χ0) is 16.0. The molecule has 23 heavy (non-hydrogen) atoms. The summed E-state index contributed by atoms with van der Waals surface area (Å²) in [5.41, 5.74) is 0.167. The van der Waals surface area contributed by atoms with Crippen LogP contribution >= 0.6 is 0 Å². The molecule has 0 radical (unpaired) electrons. The van der Waals surface area contributed by atoms with E-state index in [-0.39, 0.29) is 17.2 Å². The Hall–Kier alpha value is -1.98. The largest absolute Gasteiger partial charge is 0.345 e. The number of aromatic nitrogens is 2. The summed E-state index contributed by atoms with van der Waals surface area (Å²) in [6.45, 7) is 1.99. The highest BCUT2D eigenvalue weighted by atomic mass is 16.2. The number of carbonyl (C=O) groups is 2. The van der Waals surface area contributed by atoms with Gasteiger partial charge in [0.15, 0.2) is 0 Å². The van der Waals surface area contributed by atoms with Gasteiger partial charge in [-0.15, -0.1) is 0 Å². The van der Waals surface area contributed by atoms with E-state index in [4.69, 9.17) is 0 Å². The predicted octanol–water partition coefficient (Wildman–Crippen LogP) is 1.44. The van der Waals surface area contributed by atoms with Gasteiger partial charge in [-0.1, -0.05) is 0 Å². The minimum Gasteiger partial charge on any atom is -0.345 e. The molecule has 1 atom stereocenters. The van der Waals surface area contributed by atoms with Crippen molar-refractivity contribution in [3.05, 3.63) is 23.8 Å². The second-order valence-corrected chi connectivity index (χ2v) is 7.19. The summed E-state index contributed by atoms with van der Waals surface area (Å²) in [4.78, 5) is 37.5. The highest BCUT2D eigenvalue weighted by molar-refractivity contribution is 5.95. The first kappa shape index (κ1) is 14.6. The van der Waals surface area contributed by atoms with E-state index >= 15 is 0 Å². The standard InChI is InChI=1S/C17H22N4O2/c1-20-7-2-5-17(16(20)23)6-8-21(11-17)15(22)13-9-18-14(19-10-13)12-3-4-12/h9-10,12H,2-8,11H2,1H3/t17-/m1/s1. The lowest BCUT2D eigenvalue weighted by Gasteiger charge is -2.37. The summed E-state index contributed by atoms with van der Waals surface area (Å²) in [5, 5.41) is 0. The molecule has 1 saturated carbocycles. The fraction of sp³-hybridized carbons (Fsp3) is 0.647. The lowest BCUT2D eigenvalue weighted by Crippen LogP contribution is -2.48. The molecule has 2 saturated heterocycles. The maximum Gasteiger partial charge on any atom is 0.257 e. The summed E-state index contributed by atoms with van der Waals surface area (Å²) >= 11 is 0. The van der Waals surface area contributed by atoms with Crippen LogP contribution in [0.25, 0.3) is 0 Å². The van der Waals surface area contributed by atoms with E-state index in [1.807, 2.05) is 11.9 Å². The van der Waals surface area contributed by atoms with Gasteiger partial charge >= 0.3 is 0 Å². The summed E-state index contributed by atoms with van der Waals surface area (Å²) in [5.74, 6) is 1.48. The van der Waals surface area contributed by atoms with Gasteiger partial charge < -0.3 is 9.80 Å². The molecular weight excluding hydrogens is 292 g/mol. The second kappa shape index (κ2) is 5.28. The molecule has 2 aliphatic heterocycles. The molecule has 3 heterocycles. The van der Waals surface area contributed by atoms with Gasteiger partial charge in [-0.25, -0.2) is 9.97 Å². The zero-order valence-electron chi connectivity index (χ0n) is 13.5. The van der Waals surface area contributed by atoms with Crippen LogP contribution in [0.3, 0.4) is 0 Å². The van der Waals surface area contributed by atoms with Crippen molar-refractivity contribution in [2.45, 2.75) is 38.0 Å². The van der Waals surface area contributed by atoms with Crippen molar-refractivity contribution in [2.24, 2.45) is 5.41 Å². The number of likely N-dealkylation sites (tertiary alicyclic amines) is 2. The van der Waals surface area contributed by atoms with E-state index in [9.17, 15) is 9.59 Å². The molecular formula is C17H22N4O2. The Balaban J connectivity index is 1.48. The van der Waals surface area contributed by atoms with Gasteiger partial charge in [0.25, 0.3) is 5.91 Å². The molecule has 4 rings (SSSR count). The van der Waals surface area contributed by atoms with Crippen LogP contribution in [0.1, 0.15) is 54.2 Å². The van der Waals surface area contributed by atoms with Crippen LogP contribution in [0, 0.1) is 5.41 Å². The van der Waals surface area contributed by atoms with Crippen LogP contribution in [0.15, 0.2) is 12.4 Å². The molecule has 3 aliphatic rings. The Morgan fingerprint density at radius 1 is 1.22 bits per heavy atom. The van der Waals surface area contributed by atoms with Crippen molar-refractivity contribution in [3.63, 3.8) is 0 Å². The Morgan fingerprint density at radius 2 is 1.96 bits per heavy atom. The summed E-state index contributed by atoms with van der Waals surface area (Å²) in [6.07, 6.45) is 8.25. The number of hydrogen-bond acceptors (Lipinski definition) is 4. The van der Waals surface area contributed by atoms with Crippen molar-refractivity contribution in [1.82, 2.24) is 19.8 Å². The third-order valence-corrected chi connectivity index (χ3v) is 5.45. The van der Waals surface area contributed by atoms with Gasteiger partial charge in [-0.3, -0.25) is 9.59 Å². The van der Waals surface area contributed by atoms with Gasteiger partial charge in [0.05, 0.1) is 11.0 Å². The van der Waals surface area contributed by atoms with Crippen LogP contribution in [0.5, 0.6) is 0 Å². The lowest BCUT2D eigenvalue weighted by atomic mass is 9.78. The number of nitrogens with zero attached hydrogens (tertiary/aromatic N) is 4. The summed E-state index contributed by atoms with van der Waals surface area (Å²) in [6, 6.07) is 0. The lowest BCUT2D eigenvalue weighted by molar-refractivity contribution is -0.143. The fourth-order valence-corrected chi connectivity index (χ4v) is 3.88. The van der Waals surface area contributed by atoms with Crippen LogP contribution in [0.4, 0.5) is 0 Å². The van der Waals surface area contributed by atoms with Crippen molar-refractivity contribution >= 4 is 11.8 Å². The third kappa shape index (κ3) is 2.50. The van der Waals surface area contributed by atoms with Crippen LogP contribution in [-0.4, -0.2) is 58.3 Å². The predicted molar refractivity (Wildman–Crippen MR) is 83.8 cm³/mol. The molecule has 0 bridgehead atoms. The molecule has 6 nitrogen and oxygen atoms in total. The van der Waals surface area contributed by atoms with E-state index in [0.29, 0.717) is 24.6 Å². The van der Waals surface area contributed by atoms with Crippen LogP contribution in [-0.2, 0) is 4.79 Å². The molecule has 1 aromatic rings. The minimum absolute atomic E-state index is 0.0507. The van der Waals surface area contributed by atoms with Crippen molar-refractivity contribution in [1.29, 1.82) is 0 Å². The van der Waals surface area contributed by atoms with E-state index in [1.54, 1.807) is 17.3 Å². The number of carbonyl (C=O) groups excluding carboxylic acids is 2. The molecule has 2 amide bonds. The number of rotatable bonds is 2. The molecule has 122 valence electrons. The Kier molecular flexibility index (Phi) is 3.36. The monoisotopic (exact) mass is 314 g/mol. The molecule has 0 unspecified atom stereocenters. The smallest absolute Gasteiger partial charge is 0.257 e. The minimum atomic E-state index is -0.364. The number of hydrogen-bond donors (Lipinski definition) is 0. The van der Waals surface area contributed by atoms with E-state index < -0.39 is 0 Å². The maximum absolute atomic E-state index is 12.7. The van der Waals surface area contributed by atoms with Gasteiger partial charge in [-0.05, 0) is 32.1 Å². The summed E-state index contributed by atoms with van der Waals surface area (Å²) < 4.78 is 0. The average Bonchev–Trinajstić information content (AvgIpc) is 3.33. The van der Waals surface area contributed by atoms with Gasteiger partial charge in [0, 0.05) is 45.0 Å². The van der Waals surface area contributed by atoms with Crippen molar-refractivity contribution < 1.29 is 9.59 Å². The van der Waals surface area contributed by atoms with Crippen molar-refractivity contribution in [3.8, 4) is 0 Å². The zero-order valence-corrected chi connectivity index (χ0v) is 13.5. The third-order valence-electron chi connectivity index (χ3n) is 5.45. The fourth-order valence-electron chi connectivity index (χ4n) is 3.88. The van der Waals surface area contributed by atoms with E-state index in [1.165, 1.54) is 0 Å². The molecule has 1 aromatic heterocycles. The van der Waals surface area contributed by atoms with Gasteiger partial charge in [0.2, 0.25) is 5.91 Å².